The minimum Gasteiger partial charge on any atom is -0.345 e. The molecule has 1 aromatic rings. The van der Waals surface area contributed by atoms with Crippen LogP contribution in [0.15, 0.2) is 18.2 Å². The van der Waals surface area contributed by atoms with Crippen molar-refractivity contribution in [1.29, 1.82) is 0 Å². The number of anilines is 1. The zero-order valence-corrected chi connectivity index (χ0v) is 11.3. The molecule has 2 rings (SSSR count). The highest BCUT2D eigenvalue weighted by molar-refractivity contribution is 5.99. The Morgan fingerprint density at radius 1 is 1.40 bits per heavy atom. The maximum absolute atomic E-state index is 13.4. The lowest BCUT2D eigenvalue weighted by Crippen LogP contribution is -2.25. The highest BCUT2D eigenvalue weighted by Crippen LogP contribution is 2.20. The van der Waals surface area contributed by atoms with Crippen LogP contribution < -0.4 is 5.32 Å². The quantitative estimate of drug-likeness (QED) is 0.851. The molecule has 0 spiro atoms. The highest BCUT2D eigenvalue weighted by Gasteiger charge is 2.32. The Kier molecular flexibility index (Phi) is 3.83. The molecular weight excluding hydrogens is 263 g/mol. The van der Waals surface area contributed by atoms with Gasteiger partial charge in [-0.15, -0.1) is 0 Å². The zero-order chi connectivity index (χ0) is 14.9. The fourth-order valence-electron chi connectivity index (χ4n) is 2.16. The minimum atomic E-state index is -0.619. The molecule has 0 aromatic heterocycles. The molecule has 1 aliphatic heterocycles. The van der Waals surface area contributed by atoms with Crippen molar-refractivity contribution in [2.45, 2.75) is 13.3 Å². The molecule has 1 aromatic carbocycles. The molecule has 1 unspecified atom stereocenters. The lowest BCUT2D eigenvalue weighted by atomic mass is 10.1. The standard InChI is InChI=1S/C14H15FN2O3/c1-8(18)11-6-10(3-4-12(11)15)16-14(20)9-5-13(19)17(2)7-9/h3-4,6,9H,5,7H2,1-2H3,(H,16,20). The normalized spacial score (nSPS) is 18.2. The average molecular weight is 278 g/mol. The molecule has 2 amide bonds. The number of amides is 2. The summed E-state index contributed by atoms with van der Waals surface area (Å²) < 4.78 is 13.4. The number of benzene rings is 1. The van der Waals surface area contributed by atoms with Gasteiger partial charge in [-0.1, -0.05) is 0 Å². The Labute approximate surface area is 115 Å². The smallest absolute Gasteiger partial charge is 0.229 e. The van der Waals surface area contributed by atoms with E-state index in [0.717, 1.165) is 6.07 Å². The Morgan fingerprint density at radius 3 is 2.65 bits per heavy atom. The molecule has 1 N–H and O–H groups in total. The van der Waals surface area contributed by atoms with Crippen molar-refractivity contribution in [3.63, 3.8) is 0 Å². The summed E-state index contributed by atoms with van der Waals surface area (Å²) in [5, 5.41) is 2.61. The number of likely N-dealkylation sites (tertiary alicyclic amines) is 1. The van der Waals surface area contributed by atoms with Crippen molar-refractivity contribution < 1.29 is 18.8 Å². The monoisotopic (exact) mass is 278 g/mol. The second-order valence-corrected chi connectivity index (χ2v) is 4.92. The van der Waals surface area contributed by atoms with Gasteiger partial charge in [-0.2, -0.15) is 0 Å². The van der Waals surface area contributed by atoms with Gasteiger partial charge in [-0.05, 0) is 25.1 Å². The van der Waals surface area contributed by atoms with Crippen molar-refractivity contribution >= 4 is 23.3 Å². The molecule has 6 heteroatoms. The minimum absolute atomic E-state index is 0.0672. The molecule has 1 atom stereocenters. The van der Waals surface area contributed by atoms with Crippen LogP contribution in [0.2, 0.25) is 0 Å². The van der Waals surface area contributed by atoms with Crippen molar-refractivity contribution in [2.24, 2.45) is 5.92 Å². The van der Waals surface area contributed by atoms with Crippen LogP contribution in [0.3, 0.4) is 0 Å². The molecule has 0 bridgehead atoms. The van der Waals surface area contributed by atoms with Gasteiger partial charge in [0, 0.05) is 25.7 Å². The summed E-state index contributed by atoms with van der Waals surface area (Å²) in [6.07, 6.45) is 0.170. The number of hydrogen-bond donors (Lipinski definition) is 1. The zero-order valence-electron chi connectivity index (χ0n) is 11.3. The van der Waals surface area contributed by atoms with Gasteiger partial charge in [-0.25, -0.2) is 4.39 Å². The summed E-state index contributed by atoms with van der Waals surface area (Å²) in [6.45, 7) is 1.63. The molecule has 1 saturated heterocycles. The highest BCUT2D eigenvalue weighted by atomic mass is 19.1. The van der Waals surface area contributed by atoms with Gasteiger partial charge in [0.15, 0.2) is 5.78 Å². The summed E-state index contributed by atoms with van der Waals surface area (Å²) in [7, 11) is 1.64. The third-order valence-electron chi connectivity index (χ3n) is 3.33. The predicted molar refractivity (Wildman–Crippen MR) is 70.8 cm³/mol. The predicted octanol–water partition coefficient (Wildman–Crippen LogP) is 1.45. The summed E-state index contributed by atoms with van der Waals surface area (Å²) in [6, 6.07) is 3.83. The molecule has 1 heterocycles. The molecule has 5 nitrogen and oxygen atoms in total. The van der Waals surface area contributed by atoms with E-state index in [2.05, 4.69) is 5.32 Å². The van der Waals surface area contributed by atoms with Gasteiger partial charge in [-0.3, -0.25) is 14.4 Å². The van der Waals surface area contributed by atoms with E-state index in [1.54, 1.807) is 7.05 Å². The number of halogens is 1. The molecule has 106 valence electrons. The summed E-state index contributed by atoms with van der Waals surface area (Å²) >= 11 is 0. The van der Waals surface area contributed by atoms with Gasteiger partial charge >= 0.3 is 0 Å². The van der Waals surface area contributed by atoms with Crippen molar-refractivity contribution in [3.05, 3.63) is 29.6 Å². The number of nitrogens with one attached hydrogen (secondary N) is 1. The molecule has 1 fully saturated rings. The number of Topliss-reactive ketones (excluding diaryl/α,β-unsaturated/α-hetero) is 1. The SMILES string of the molecule is CC(=O)c1cc(NC(=O)C2CC(=O)N(C)C2)ccc1F. The van der Waals surface area contributed by atoms with E-state index in [0.29, 0.717) is 12.2 Å². The van der Waals surface area contributed by atoms with Crippen molar-refractivity contribution in [3.8, 4) is 0 Å². The van der Waals surface area contributed by atoms with Crippen LogP contribution in [0.1, 0.15) is 23.7 Å². The van der Waals surface area contributed by atoms with Crippen LogP contribution in [0, 0.1) is 11.7 Å². The Balaban J connectivity index is 2.11. The van der Waals surface area contributed by atoms with Crippen LogP contribution in [0.25, 0.3) is 0 Å². The average Bonchev–Trinajstić information content (AvgIpc) is 2.72. The first-order chi connectivity index (χ1) is 9.38. The Bertz CT molecular complexity index is 586. The number of carbonyl (C=O) groups excluding carboxylic acids is 3. The largest absolute Gasteiger partial charge is 0.345 e. The number of hydrogen-bond acceptors (Lipinski definition) is 3. The molecule has 20 heavy (non-hydrogen) atoms. The van der Waals surface area contributed by atoms with E-state index in [4.69, 9.17) is 0 Å². The van der Waals surface area contributed by atoms with Crippen LogP contribution in [-0.2, 0) is 9.59 Å². The molecular formula is C14H15FN2O3. The third-order valence-corrected chi connectivity index (χ3v) is 3.33. The van der Waals surface area contributed by atoms with Crippen LogP contribution in [-0.4, -0.2) is 36.1 Å². The first-order valence-corrected chi connectivity index (χ1v) is 6.24. The lowest BCUT2D eigenvalue weighted by molar-refractivity contribution is -0.127. The summed E-state index contributed by atoms with van der Waals surface area (Å²) in [4.78, 5) is 36.1. The maximum Gasteiger partial charge on any atom is 0.229 e. The van der Waals surface area contributed by atoms with Crippen molar-refractivity contribution in [2.75, 3.05) is 18.9 Å². The Hall–Kier alpha value is -2.24. The van der Waals surface area contributed by atoms with E-state index >= 15 is 0 Å². The van der Waals surface area contributed by atoms with Gasteiger partial charge in [0.25, 0.3) is 0 Å². The Morgan fingerprint density at radius 2 is 2.10 bits per heavy atom. The van der Waals surface area contributed by atoms with E-state index < -0.39 is 17.5 Å². The number of ketones is 1. The molecule has 1 aliphatic rings. The van der Waals surface area contributed by atoms with Crippen molar-refractivity contribution in [1.82, 2.24) is 4.90 Å². The van der Waals surface area contributed by atoms with Crippen LogP contribution in [0.4, 0.5) is 10.1 Å². The van der Waals surface area contributed by atoms with E-state index in [9.17, 15) is 18.8 Å². The van der Waals surface area contributed by atoms with Gasteiger partial charge in [0.1, 0.15) is 5.82 Å². The first kappa shape index (κ1) is 14.2. The van der Waals surface area contributed by atoms with E-state index in [1.165, 1.54) is 24.0 Å². The van der Waals surface area contributed by atoms with E-state index in [1.807, 2.05) is 0 Å². The fraction of sp³-hybridized carbons (Fsp3) is 0.357. The number of carbonyl (C=O) groups is 3. The maximum atomic E-state index is 13.4. The second-order valence-electron chi connectivity index (χ2n) is 4.92. The van der Waals surface area contributed by atoms with Gasteiger partial charge < -0.3 is 10.2 Å². The third kappa shape index (κ3) is 2.84. The van der Waals surface area contributed by atoms with Gasteiger partial charge in [0.2, 0.25) is 11.8 Å². The number of nitrogens with zero attached hydrogens (tertiary/aromatic N) is 1. The lowest BCUT2D eigenvalue weighted by Gasteiger charge is -2.11. The molecule has 0 radical (unpaired) electrons. The molecule has 0 aliphatic carbocycles. The number of rotatable bonds is 3. The first-order valence-electron chi connectivity index (χ1n) is 6.24. The van der Waals surface area contributed by atoms with Gasteiger partial charge in [0.05, 0.1) is 11.5 Å². The summed E-state index contributed by atoms with van der Waals surface area (Å²) in [5.41, 5.74) is 0.283. The van der Waals surface area contributed by atoms with Crippen LogP contribution >= 0.6 is 0 Å². The summed E-state index contributed by atoms with van der Waals surface area (Å²) in [5.74, 6) is -1.82. The second kappa shape index (κ2) is 5.40. The van der Waals surface area contributed by atoms with E-state index in [-0.39, 0.29) is 23.8 Å². The fourth-order valence-corrected chi connectivity index (χ4v) is 2.16. The molecule has 0 saturated carbocycles. The topological polar surface area (TPSA) is 66.5 Å². The van der Waals surface area contributed by atoms with Crippen LogP contribution in [0.5, 0.6) is 0 Å².